The Hall–Kier alpha value is -1.96. The van der Waals surface area contributed by atoms with Crippen molar-refractivity contribution in [2.24, 2.45) is 0 Å². The molecule has 1 saturated heterocycles. The van der Waals surface area contributed by atoms with E-state index in [1.54, 1.807) is 24.3 Å². The zero-order valence-electron chi connectivity index (χ0n) is 14.8. The monoisotopic (exact) mass is 378 g/mol. The average molecular weight is 378 g/mol. The highest BCUT2D eigenvalue weighted by Gasteiger charge is 2.39. The molecule has 1 heterocycles. The third-order valence-corrected chi connectivity index (χ3v) is 5.94. The van der Waals surface area contributed by atoms with E-state index in [1.807, 2.05) is 13.8 Å². The number of hydrogen-bond donors (Lipinski definition) is 2. The first-order chi connectivity index (χ1) is 12.3. The van der Waals surface area contributed by atoms with Gasteiger partial charge in [-0.2, -0.15) is 4.72 Å². The van der Waals surface area contributed by atoms with Crippen LogP contribution in [0.25, 0.3) is 0 Å². The highest BCUT2D eigenvalue weighted by Crippen LogP contribution is 2.30. The van der Waals surface area contributed by atoms with E-state index in [9.17, 15) is 12.8 Å². The molecule has 140 valence electrons. The first-order valence-corrected chi connectivity index (χ1v) is 10.1. The van der Waals surface area contributed by atoms with Gasteiger partial charge in [0, 0.05) is 6.54 Å². The van der Waals surface area contributed by atoms with E-state index in [-0.39, 0.29) is 16.8 Å². The Kier molecular flexibility index (Phi) is 5.32. The van der Waals surface area contributed by atoms with Crippen LogP contribution in [-0.2, 0) is 15.6 Å². The molecule has 1 aliphatic rings. The van der Waals surface area contributed by atoms with Crippen LogP contribution in [0.15, 0.2) is 53.4 Å². The maximum absolute atomic E-state index is 13.3. The molecule has 3 rings (SSSR count). The molecule has 0 aliphatic carbocycles. The van der Waals surface area contributed by atoms with E-state index in [0.717, 1.165) is 5.56 Å². The molecule has 0 radical (unpaired) electrons. The third-order valence-electron chi connectivity index (χ3n) is 4.39. The predicted molar refractivity (Wildman–Crippen MR) is 98.1 cm³/mol. The fraction of sp³-hybridized carbons (Fsp3) is 0.368. The maximum atomic E-state index is 13.3. The summed E-state index contributed by atoms with van der Waals surface area (Å²) < 4.78 is 47.5. The number of ether oxygens (including phenoxy) is 1. The second-order valence-electron chi connectivity index (χ2n) is 6.76. The molecule has 7 heteroatoms. The topological polar surface area (TPSA) is 67.4 Å². The summed E-state index contributed by atoms with van der Waals surface area (Å²) in [5.41, 5.74) is -0.0492. The predicted octanol–water partition coefficient (Wildman–Crippen LogP) is 2.78. The molecular weight excluding hydrogens is 355 g/mol. The van der Waals surface area contributed by atoms with Crippen LogP contribution >= 0.6 is 0 Å². The molecule has 2 aromatic rings. The van der Waals surface area contributed by atoms with Crippen molar-refractivity contribution in [3.05, 3.63) is 59.9 Å². The summed E-state index contributed by atoms with van der Waals surface area (Å²) in [7, 11) is -3.74. The highest BCUT2D eigenvalue weighted by atomic mass is 32.2. The van der Waals surface area contributed by atoms with Crippen LogP contribution in [0, 0.1) is 5.82 Å². The number of hydrogen-bond acceptors (Lipinski definition) is 4. The van der Waals surface area contributed by atoms with Crippen LogP contribution in [-0.4, -0.2) is 27.6 Å². The van der Waals surface area contributed by atoms with Crippen molar-refractivity contribution in [1.82, 2.24) is 10.0 Å². The largest absolute Gasteiger partial charge is 0.491 e. The average Bonchev–Trinajstić information content (AvgIpc) is 3.04. The number of rotatable bonds is 6. The van der Waals surface area contributed by atoms with Crippen molar-refractivity contribution in [1.29, 1.82) is 0 Å². The van der Waals surface area contributed by atoms with Crippen molar-refractivity contribution in [2.75, 3.05) is 13.1 Å². The van der Waals surface area contributed by atoms with Gasteiger partial charge in [0.1, 0.15) is 11.6 Å². The number of benzene rings is 2. The van der Waals surface area contributed by atoms with Crippen LogP contribution in [0.4, 0.5) is 4.39 Å². The first kappa shape index (κ1) is 18.8. The van der Waals surface area contributed by atoms with E-state index in [4.69, 9.17) is 4.74 Å². The van der Waals surface area contributed by atoms with Gasteiger partial charge in [-0.25, -0.2) is 12.8 Å². The Labute approximate surface area is 153 Å². The fourth-order valence-electron chi connectivity index (χ4n) is 3.14. The van der Waals surface area contributed by atoms with Gasteiger partial charge < -0.3 is 10.1 Å². The lowest BCUT2D eigenvalue weighted by molar-refractivity contribution is 0.242. The summed E-state index contributed by atoms with van der Waals surface area (Å²) in [5.74, 6) is 0.271. The minimum absolute atomic E-state index is 0.0156. The summed E-state index contributed by atoms with van der Waals surface area (Å²) in [4.78, 5) is 0.169. The van der Waals surface area contributed by atoms with Gasteiger partial charge >= 0.3 is 0 Å². The van der Waals surface area contributed by atoms with Gasteiger partial charge in [0.15, 0.2) is 0 Å². The minimum Gasteiger partial charge on any atom is -0.491 e. The molecule has 1 fully saturated rings. The van der Waals surface area contributed by atoms with Gasteiger partial charge in [-0.1, -0.05) is 12.1 Å². The van der Waals surface area contributed by atoms with Gasteiger partial charge in [0.25, 0.3) is 0 Å². The van der Waals surface area contributed by atoms with Gasteiger partial charge in [-0.15, -0.1) is 0 Å². The van der Waals surface area contributed by atoms with Crippen molar-refractivity contribution >= 4 is 10.0 Å². The molecule has 2 aromatic carbocycles. The van der Waals surface area contributed by atoms with E-state index in [1.165, 1.54) is 24.3 Å². The molecule has 0 saturated carbocycles. The number of nitrogens with one attached hydrogen (secondary N) is 2. The Morgan fingerprint density at radius 3 is 2.31 bits per heavy atom. The highest BCUT2D eigenvalue weighted by molar-refractivity contribution is 7.89. The summed E-state index contributed by atoms with van der Waals surface area (Å²) in [6, 6.07) is 12.3. The molecule has 26 heavy (non-hydrogen) atoms. The molecule has 1 atom stereocenters. The Bertz CT molecular complexity index is 843. The smallest absolute Gasteiger partial charge is 0.241 e. The van der Waals surface area contributed by atoms with Gasteiger partial charge in [-0.3, -0.25) is 0 Å². The molecule has 2 N–H and O–H groups in total. The van der Waals surface area contributed by atoms with E-state index < -0.39 is 15.6 Å². The standard InChI is InChI=1S/C19H23FN2O3S/c1-14(2)25-17-7-9-18(10-8-17)26(23,24)22-19(11-12-21-13-19)15-3-5-16(20)6-4-15/h3-10,14,21-22H,11-13H2,1-2H3. The maximum Gasteiger partial charge on any atom is 0.241 e. The summed E-state index contributed by atoms with van der Waals surface area (Å²) in [5, 5.41) is 3.19. The molecule has 0 amide bonds. The van der Waals surface area contributed by atoms with Crippen LogP contribution in [0.5, 0.6) is 5.75 Å². The first-order valence-electron chi connectivity index (χ1n) is 8.58. The second-order valence-corrected chi connectivity index (χ2v) is 8.44. The molecule has 0 spiro atoms. The van der Waals surface area contributed by atoms with Crippen molar-refractivity contribution < 1.29 is 17.5 Å². The lowest BCUT2D eigenvalue weighted by Crippen LogP contribution is -2.47. The molecule has 0 aromatic heterocycles. The van der Waals surface area contributed by atoms with Crippen molar-refractivity contribution in [3.63, 3.8) is 0 Å². The Morgan fingerprint density at radius 1 is 1.12 bits per heavy atom. The van der Waals surface area contributed by atoms with Gasteiger partial charge in [-0.05, 0) is 68.8 Å². The zero-order valence-corrected chi connectivity index (χ0v) is 15.6. The third kappa shape index (κ3) is 4.06. The summed E-state index contributed by atoms with van der Waals surface area (Å²) >= 11 is 0. The lowest BCUT2D eigenvalue weighted by Gasteiger charge is -2.30. The quantitative estimate of drug-likeness (QED) is 0.811. The molecule has 5 nitrogen and oxygen atoms in total. The zero-order chi connectivity index (χ0) is 18.8. The number of halogens is 1. The second kappa shape index (κ2) is 7.34. The van der Waals surface area contributed by atoms with E-state index >= 15 is 0 Å². The lowest BCUT2D eigenvalue weighted by atomic mass is 9.90. The van der Waals surface area contributed by atoms with Crippen LogP contribution < -0.4 is 14.8 Å². The van der Waals surface area contributed by atoms with E-state index in [2.05, 4.69) is 10.0 Å². The molecule has 0 bridgehead atoms. The SMILES string of the molecule is CC(C)Oc1ccc(S(=O)(=O)NC2(c3ccc(F)cc3)CCNC2)cc1. The normalized spacial score (nSPS) is 20.5. The van der Waals surface area contributed by atoms with Crippen LogP contribution in [0.2, 0.25) is 0 Å². The molecule has 1 unspecified atom stereocenters. The fourth-order valence-corrected chi connectivity index (χ4v) is 4.56. The summed E-state index contributed by atoms with van der Waals surface area (Å²) in [6.07, 6.45) is 0.605. The Balaban J connectivity index is 1.87. The molecular formula is C19H23FN2O3S. The number of sulfonamides is 1. The summed E-state index contributed by atoms with van der Waals surface area (Å²) in [6.45, 7) is 4.95. The van der Waals surface area contributed by atoms with Crippen molar-refractivity contribution in [3.8, 4) is 5.75 Å². The van der Waals surface area contributed by atoms with Crippen molar-refractivity contribution in [2.45, 2.75) is 36.8 Å². The van der Waals surface area contributed by atoms with Gasteiger partial charge in [0.2, 0.25) is 10.0 Å². The minimum atomic E-state index is -3.74. The molecule has 1 aliphatic heterocycles. The van der Waals surface area contributed by atoms with Crippen LogP contribution in [0.3, 0.4) is 0 Å². The van der Waals surface area contributed by atoms with Gasteiger partial charge in [0.05, 0.1) is 16.5 Å². The Morgan fingerprint density at radius 2 is 1.77 bits per heavy atom. The van der Waals surface area contributed by atoms with Crippen LogP contribution in [0.1, 0.15) is 25.8 Å². The van der Waals surface area contributed by atoms with E-state index in [0.29, 0.717) is 25.3 Å².